The van der Waals surface area contributed by atoms with E-state index in [1.165, 1.54) is 12.1 Å². The molecule has 2 spiro atoms. The molecule has 4 saturated heterocycles. The van der Waals surface area contributed by atoms with E-state index in [0.717, 1.165) is 18.6 Å². The molecule has 1 amide bonds. The smallest absolute Gasteiger partial charge is 0.481 e. The van der Waals surface area contributed by atoms with Crippen LogP contribution in [0, 0.1) is 41.4 Å². The Kier molecular flexibility index (Phi) is 15.9. The predicted molar refractivity (Wildman–Crippen MR) is 237 cm³/mol. The predicted octanol–water partition coefficient (Wildman–Crippen LogP) is 8.52. The number of rotatable bonds is 15. The van der Waals surface area contributed by atoms with Crippen molar-refractivity contribution in [3.8, 4) is 5.75 Å². The molecule has 66 heavy (non-hydrogen) atoms. The van der Waals surface area contributed by atoms with Crippen molar-refractivity contribution in [3.63, 3.8) is 0 Å². The van der Waals surface area contributed by atoms with Crippen LogP contribution in [0.1, 0.15) is 144 Å². The number of aliphatic carboxylic acids is 1. The number of Topliss-reactive ketones (excluding diaryl/α,β-unsaturated/α-hetero) is 1. The molecule has 5 aliphatic rings. The van der Waals surface area contributed by atoms with E-state index in [9.17, 15) is 42.9 Å². The Morgan fingerprint density at radius 2 is 1.56 bits per heavy atom. The van der Waals surface area contributed by atoms with E-state index < -0.39 is 113 Å². The van der Waals surface area contributed by atoms with Crippen LogP contribution >= 0.6 is 0 Å². The van der Waals surface area contributed by atoms with Crippen molar-refractivity contribution < 1.29 is 71.3 Å². The first-order valence-corrected chi connectivity index (χ1v) is 24.3. The molecule has 1 aromatic rings. The van der Waals surface area contributed by atoms with E-state index in [0.29, 0.717) is 51.4 Å². The zero-order chi connectivity index (χ0) is 48.7. The monoisotopic (exact) mass is 938 g/mol. The van der Waals surface area contributed by atoms with Gasteiger partial charge in [-0.1, -0.05) is 61.5 Å². The average molecular weight is 938 g/mol. The summed E-state index contributed by atoms with van der Waals surface area (Å²) in [6, 6.07) is 3.71. The number of ketones is 1. The average Bonchev–Trinajstić information content (AvgIpc) is 3.60. The fourth-order valence-electron chi connectivity index (χ4n) is 11.7. The van der Waals surface area contributed by atoms with Gasteiger partial charge in [-0.15, -0.1) is 13.2 Å². The van der Waals surface area contributed by atoms with Gasteiger partial charge in [-0.05, 0) is 114 Å². The fraction of sp³-hybridized carbons (Fsp3) is 0.780. The number of nitrogens with one attached hydrogen (secondary N) is 1. The SMILES string of the molecule is CC[C@@H](C(=O)[C@@H](C)[C@@H](O)[C@H](C)[C@@H]1O[C@@H]([C@@H](CC)C(=O)O)CC[C@@H]1C)[C@H]1O[C@]2(C=CC(NC(=O)c3ccc(OC(F)(F)F)cc3)[C@]3(CC[C@@](C)([C@H]4CC[C@](O)(CC)[C@H](C)O4)O3)O2)[C@H](C)C[C@@H]1C. The molecule has 18 atom stereocenters. The van der Waals surface area contributed by atoms with Crippen molar-refractivity contribution in [2.24, 2.45) is 41.4 Å². The molecular weight excluding hydrogens is 864 g/mol. The van der Waals surface area contributed by atoms with Crippen LogP contribution in [0.2, 0.25) is 0 Å². The quantitative estimate of drug-likeness (QED) is 0.123. The van der Waals surface area contributed by atoms with Gasteiger partial charge in [-0.2, -0.15) is 0 Å². The van der Waals surface area contributed by atoms with E-state index >= 15 is 0 Å². The Labute approximate surface area is 387 Å². The fourth-order valence-corrected chi connectivity index (χ4v) is 11.7. The first kappa shape index (κ1) is 52.3. The van der Waals surface area contributed by atoms with Crippen LogP contribution in [0.25, 0.3) is 0 Å². The molecule has 13 nitrogen and oxygen atoms in total. The van der Waals surface area contributed by atoms with Gasteiger partial charge in [0.15, 0.2) is 11.6 Å². The summed E-state index contributed by atoms with van der Waals surface area (Å²) >= 11 is 0. The van der Waals surface area contributed by atoms with Gasteiger partial charge in [0.2, 0.25) is 0 Å². The lowest BCUT2D eigenvalue weighted by atomic mass is 9.72. The van der Waals surface area contributed by atoms with Crippen LogP contribution < -0.4 is 10.1 Å². The third-order valence-corrected chi connectivity index (χ3v) is 16.1. The number of benzene rings is 1. The first-order valence-electron chi connectivity index (χ1n) is 24.3. The largest absolute Gasteiger partial charge is 0.573 e. The maximum Gasteiger partial charge on any atom is 0.573 e. The van der Waals surface area contributed by atoms with Crippen molar-refractivity contribution in [1.82, 2.24) is 5.32 Å². The van der Waals surface area contributed by atoms with Crippen molar-refractivity contribution in [2.75, 3.05) is 0 Å². The highest BCUT2D eigenvalue weighted by atomic mass is 19.4. The second kappa shape index (κ2) is 20.1. The Bertz CT molecular complexity index is 1900. The van der Waals surface area contributed by atoms with Crippen LogP contribution in [0.5, 0.6) is 5.75 Å². The number of amides is 1. The number of halogens is 3. The lowest BCUT2D eigenvalue weighted by molar-refractivity contribution is -0.397. The highest BCUT2D eigenvalue weighted by Gasteiger charge is 2.63. The van der Waals surface area contributed by atoms with Crippen LogP contribution in [-0.2, 0) is 33.3 Å². The first-order chi connectivity index (χ1) is 30.8. The van der Waals surface area contributed by atoms with Gasteiger partial charge in [0.05, 0.1) is 53.7 Å². The maximum absolute atomic E-state index is 14.7. The summed E-state index contributed by atoms with van der Waals surface area (Å²) < 4.78 is 77.0. The molecule has 1 aromatic carbocycles. The summed E-state index contributed by atoms with van der Waals surface area (Å²) in [6.07, 6.45) is 0.126. The molecule has 0 aromatic heterocycles. The number of aliphatic hydroxyl groups excluding tert-OH is 1. The van der Waals surface area contributed by atoms with Gasteiger partial charge in [-0.3, -0.25) is 14.4 Å². The van der Waals surface area contributed by atoms with Gasteiger partial charge in [-0.25, -0.2) is 0 Å². The van der Waals surface area contributed by atoms with E-state index in [4.69, 9.17) is 23.7 Å². The van der Waals surface area contributed by atoms with Crippen molar-refractivity contribution >= 4 is 17.7 Å². The van der Waals surface area contributed by atoms with Gasteiger partial charge in [0.1, 0.15) is 17.6 Å². The summed E-state index contributed by atoms with van der Waals surface area (Å²) in [5.41, 5.74) is -1.84. The second-order valence-corrected chi connectivity index (χ2v) is 20.5. The minimum Gasteiger partial charge on any atom is -0.481 e. The number of carboxylic acids is 1. The molecule has 0 bridgehead atoms. The molecule has 0 aliphatic carbocycles. The molecule has 372 valence electrons. The zero-order valence-corrected chi connectivity index (χ0v) is 40.3. The van der Waals surface area contributed by atoms with Gasteiger partial charge in [0, 0.05) is 35.7 Å². The molecule has 4 fully saturated rings. The second-order valence-electron chi connectivity index (χ2n) is 20.5. The Morgan fingerprint density at radius 3 is 2.15 bits per heavy atom. The topological polar surface area (TPSA) is 179 Å². The minimum absolute atomic E-state index is 0.0476. The maximum atomic E-state index is 14.7. The lowest BCUT2D eigenvalue weighted by Gasteiger charge is -2.55. The molecule has 16 heteroatoms. The van der Waals surface area contributed by atoms with E-state index in [2.05, 4.69) is 10.1 Å². The Balaban J connectivity index is 1.26. The number of ether oxygens (including phenoxy) is 6. The zero-order valence-electron chi connectivity index (χ0n) is 40.3. The minimum atomic E-state index is -4.90. The molecule has 5 aliphatic heterocycles. The third kappa shape index (κ3) is 10.5. The number of hydrogen-bond acceptors (Lipinski definition) is 11. The summed E-state index contributed by atoms with van der Waals surface area (Å²) in [6.45, 7) is 19.1. The van der Waals surface area contributed by atoms with Crippen LogP contribution in [0.15, 0.2) is 36.4 Å². The summed E-state index contributed by atoms with van der Waals surface area (Å²) in [5.74, 6) is -7.98. The van der Waals surface area contributed by atoms with Gasteiger partial charge in [0.25, 0.3) is 5.91 Å². The lowest BCUT2D eigenvalue weighted by Crippen LogP contribution is -2.65. The number of aliphatic hydroxyl groups is 2. The Hall–Kier alpha value is -3.12. The summed E-state index contributed by atoms with van der Waals surface area (Å²) in [5, 5.41) is 36.0. The van der Waals surface area contributed by atoms with Crippen LogP contribution in [0.3, 0.4) is 0 Å². The number of alkyl halides is 3. The van der Waals surface area contributed by atoms with Gasteiger partial charge >= 0.3 is 12.3 Å². The molecule has 1 unspecified atom stereocenters. The van der Waals surface area contributed by atoms with Crippen molar-refractivity contribution in [1.29, 1.82) is 0 Å². The molecule has 0 radical (unpaired) electrons. The van der Waals surface area contributed by atoms with E-state index in [-0.39, 0.29) is 35.5 Å². The Morgan fingerprint density at radius 1 is 0.894 bits per heavy atom. The van der Waals surface area contributed by atoms with Crippen LogP contribution in [0.4, 0.5) is 13.2 Å². The van der Waals surface area contributed by atoms with Crippen molar-refractivity contribution in [3.05, 3.63) is 42.0 Å². The van der Waals surface area contributed by atoms with Crippen LogP contribution in [-0.4, -0.2) is 105 Å². The highest BCUT2D eigenvalue weighted by molar-refractivity contribution is 5.94. The number of hydrogen-bond donors (Lipinski definition) is 4. The summed E-state index contributed by atoms with van der Waals surface area (Å²) in [7, 11) is 0. The van der Waals surface area contributed by atoms with Crippen molar-refractivity contribution in [2.45, 2.75) is 205 Å². The highest BCUT2D eigenvalue weighted by Crippen LogP contribution is 2.54. The normalized spacial score (nSPS) is 39.5. The molecule has 4 N–H and O–H groups in total. The number of carbonyl (C=O) groups excluding carboxylic acids is 2. The number of carboxylic acid groups (broad SMARTS) is 1. The number of carbonyl (C=O) groups is 3. The summed E-state index contributed by atoms with van der Waals surface area (Å²) in [4.78, 5) is 40.6. The molecule has 6 rings (SSSR count). The van der Waals surface area contributed by atoms with E-state index in [1.807, 2.05) is 62.3 Å². The van der Waals surface area contributed by atoms with E-state index in [1.54, 1.807) is 19.1 Å². The molecule has 0 saturated carbocycles. The molecule has 5 heterocycles. The third-order valence-electron chi connectivity index (χ3n) is 16.1. The standard InChI is InChI=1S/C50H74F3NO12/c1-11-35(45(58)59)37-19-14-27(4)42(62-37)31(8)40(55)30(7)41(56)36(12-2)43-28(5)26-29(6)48(64-43)23-20-38(54-44(57)33-15-17-34(18-16-33)63-50(51,52)53)49(66-48)25-24-46(10,65-49)39-21-22-47(60,13-3)32(9)61-39/h15-18,20,23,27-32,35-40,42-43,55,60H,11-14,19,21-22,24-26H2,1-10H3,(H,54,57)(H,58,59)/t27-,28-,29+,30-,31-,32-,35+,36-,37+,38?,39+,40+,42+,43-,46-,47+,48-,49-/m0/s1. The van der Waals surface area contributed by atoms with Gasteiger partial charge < -0.3 is 49.1 Å². The molecular formula is C50H74F3NO12.